The van der Waals surface area contributed by atoms with Gasteiger partial charge in [-0.05, 0) is 64.4 Å². The summed E-state index contributed by atoms with van der Waals surface area (Å²) in [6.07, 6.45) is 3.01. The zero-order valence-corrected chi connectivity index (χ0v) is 19.5. The van der Waals surface area contributed by atoms with Crippen molar-refractivity contribution in [3.63, 3.8) is 0 Å². The van der Waals surface area contributed by atoms with Gasteiger partial charge in [0.05, 0.1) is 12.0 Å². The number of hydrogen-bond acceptors (Lipinski definition) is 9. The van der Waals surface area contributed by atoms with Crippen LogP contribution in [0.25, 0.3) is 16.5 Å². The molecule has 174 valence electrons. The predicted octanol–water partition coefficient (Wildman–Crippen LogP) is 3.06. The minimum absolute atomic E-state index is 0.0682. The van der Waals surface area contributed by atoms with Crippen LogP contribution in [0.1, 0.15) is 21.7 Å². The Labute approximate surface area is 199 Å². The number of thiophene rings is 1. The average Bonchev–Trinajstić information content (AvgIpc) is 3.55. The van der Waals surface area contributed by atoms with Gasteiger partial charge in [0.1, 0.15) is 18.1 Å². The number of ether oxygens (including phenoxy) is 2. The molecule has 2 heterocycles. The maximum absolute atomic E-state index is 12.7. The van der Waals surface area contributed by atoms with E-state index in [0.29, 0.717) is 28.5 Å². The van der Waals surface area contributed by atoms with Gasteiger partial charge in [-0.3, -0.25) is 4.79 Å². The van der Waals surface area contributed by atoms with Gasteiger partial charge in [0.2, 0.25) is 10.0 Å². The Hall–Kier alpha value is -3.87. The van der Waals surface area contributed by atoms with Crippen molar-refractivity contribution in [3.8, 4) is 21.9 Å². The molecule has 0 amide bonds. The van der Waals surface area contributed by atoms with Crippen molar-refractivity contribution in [1.82, 2.24) is 20.6 Å². The van der Waals surface area contributed by atoms with Crippen molar-refractivity contribution in [3.05, 3.63) is 76.9 Å². The van der Waals surface area contributed by atoms with Gasteiger partial charge in [0.25, 0.3) is 0 Å². The number of primary sulfonamides is 1. The molecule has 2 aromatic heterocycles. The average molecular weight is 498 g/mol. The summed E-state index contributed by atoms with van der Waals surface area (Å²) < 4.78 is 34.3. The maximum Gasteiger partial charge on any atom is 0.238 e. The Morgan fingerprint density at radius 1 is 1.18 bits per heavy atom. The summed E-state index contributed by atoms with van der Waals surface area (Å²) in [4.78, 5) is 13.6. The van der Waals surface area contributed by atoms with Crippen molar-refractivity contribution in [2.75, 3.05) is 7.11 Å². The van der Waals surface area contributed by atoms with E-state index in [1.165, 1.54) is 30.3 Å². The van der Waals surface area contributed by atoms with Crippen LogP contribution in [0.2, 0.25) is 0 Å². The molecule has 0 fully saturated rings. The van der Waals surface area contributed by atoms with Crippen LogP contribution in [-0.2, 0) is 16.6 Å². The molecule has 0 atom stereocenters. The summed E-state index contributed by atoms with van der Waals surface area (Å²) in [7, 11) is -2.27. The molecular formula is C22H19N5O5S2. The molecule has 2 aromatic carbocycles. The monoisotopic (exact) mass is 497 g/mol. The zero-order chi connectivity index (χ0) is 24.1. The Balaban J connectivity index is 1.66. The second kappa shape index (κ2) is 9.95. The Morgan fingerprint density at radius 3 is 2.59 bits per heavy atom. The number of aromatic amines is 1. The predicted molar refractivity (Wildman–Crippen MR) is 126 cm³/mol. The third kappa shape index (κ3) is 5.36. The number of allylic oxidation sites excluding steroid dienone is 1. The smallest absolute Gasteiger partial charge is 0.238 e. The fourth-order valence-corrected chi connectivity index (χ4v) is 4.35. The van der Waals surface area contributed by atoms with Gasteiger partial charge >= 0.3 is 0 Å². The molecule has 34 heavy (non-hydrogen) atoms. The molecule has 0 aliphatic heterocycles. The molecule has 4 rings (SSSR count). The van der Waals surface area contributed by atoms with E-state index in [1.54, 1.807) is 30.6 Å². The Kier molecular flexibility index (Phi) is 6.82. The number of rotatable bonds is 9. The van der Waals surface area contributed by atoms with Crippen molar-refractivity contribution in [2.24, 2.45) is 5.14 Å². The van der Waals surface area contributed by atoms with Crippen LogP contribution in [0.15, 0.2) is 64.9 Å². The number of H-pyrrole nitrogens is 1. The number of sulfonamides is 1. The summed E-state index contributed by atoms with van der Waals surface area (Å²) in [6, 6.07) is 12.9. The van der Waals surface area contributed by atoms with Crippen molar-refractivity contribution in [1.29, 1.82) is 0 Å². The number of tetrazole rings is 1. The molecule has 10 nitrogen and oxygen atoms in total. The second-order valence-corrected chi connectivity index (χ2v) is 9.48. The molecule has 0 spiro atoms. The van der Waals surface area contributed by atoms with Crippen LogP contribution < -0.4 is 14.6 Å². The highest BCUT2D eigenvalue weighted by atomic mass is 32.2. The van der Waals surface area contributed by atoms with Gasteiger partial charge in [-0.15, -0.1) is 16.4 Å². The fourth-order valence-electron chi connectivity index (χ4n) is 3.08. The molecule has 12 heteroatoms. The molecule has 4 aromatic rings. The van der Waals surface area contributed by atoms with E-state index in [2.05, 4.69) is 20.6 Å². The second-order valence-electron chi connectivity index (χ2n) is 6.97. The minimum Gasteiger partial charge on any atom is -0.496 e. The van der Waals surface area contributed by atoms with Crippen LogP contribution in [0.5, 0.6) is 11.5 Å². The number of nitrogens with two attached hydrogens (primary N) is 1. The number of methoxy groups -OCH3 is 1. The van der Waals surface area contributed by atoms with Crippen LogP contribution in [-0.4, -0.2) is 41.9 Å². The highest BCUT2D eigenvalue weighted by Gasteiger charge is 2.15. The number of nitrogens with zero attached hydrogens (tertiary/aromatic N) is 3. The van der Waals surface area contributed by atoms with E-state index in [0.717, 1.165) is 10.4 Å². The lowest BCUT2D eigenvalue weighted by atomic mass is 10.0. The lowest BCUT2D eigenvalue weighted by Gasteiger charge is -2.14. The third-order valence-corrected chi connectivity index (χ3v) is 6.59. The first-order chi connectivity index (χ1) is 16.3. The van der Waals surface area contributed by atoms with Crippen LogP contribution in [0, 0.1) is 0 Å². The first kappa shape index (κ1) is 23.3. The van der Waals surface area contributed by atoms with Gasteiger partial charge in [-0.2, -0.15) is 0 Å². The quantitative estimate of drug-likeness (QED) is 0.265. The maximum atomic E-state index is 12.7. The standard InChI is InChI=1S/C22H19N5O5S2/c1-31-20-12-19(32-13-22-24-26-27-25-22)15(11-17(20)21-3-2-10-33-21)6-9-18(28)14-4-7-16(8-5-14)34(23,29)30/h2-12H,13H2,1H3,(H2,23,29,30)(H,24,25,26,27)/b9-6+. The first-order valence-corrected chi connectivity index (χ1v) is 12.2. The largest absolute Gasteiger partial charge is 0.496 e. The van der Waals surface area contributed by atoms with E-state index in [1.807, 2.05) is 23.6 Å². The van der Waals surface area contributed by atoms with Gasteiger partial charge < -0.3 is 9.47 Å². The summed E-state index contributed by atoms with van der Waals surface area (Å²) in [6.45, 7) is 0.0817. The van der Waals surface area contributed by atoms with Gasteiger partial charge in [0.15, 0.2) is 11.6 Å². The van der Waals surface area contributed by atoms with E-state index >= 15 is 0 Å². The summed E-state index contributed by atoms with van der Waals surface area (Å²) in [5.74, 6) is 1.18. The SMILES string of the molecule is COc1cc(OCc2nnn[nH]2)c(/C=C/C(=O)c2ccc(S(N)(=O)=O)cc2)cc1-c1cccs1. The van der Waals surface area contributed by atoms with Crippen molar-refractivity contribution >= 4 is 33.2 Å². The van der Waals surface area contributed by atoms with E-state index in [-0.39, 0.29) is 17.3 Å². The number of benzene rings is 2. The van der Waals surface area contributed by atoms with Gasteiger partial charge in [-0.25, -0.2) is 18.7 Å². The summed E-state index contributed by atoms with van der Waals surface area (Å²) >= 11 is 1.55. The molecular weight excluding hydrogens is 478 g/mol. The Bertz CT molecular complexity index is 1420. The molecule has 0 radical (unpaired) electrons. The normalized spacial score (nSPS) is 11.6. The van der Waals surface area contributed by atoms with Crippen LogP contribution in [0.4, 0.5) is 0 Å². The number of hydrogen-bond donors (Lipinski definition) is 2. The van der Waals surface area contributed by atoms with E-state index in [9.17, 15) is 13.2 Å². The highest BCUT2D eigenvalue weighted by Crippen LogP contribution is 2.39. The minimum atomic E-state index is -3.84. The molecule has 3 N–H and O–H groups in total. The summed E-state index contributed by atoms with van der Waals surface area (Å²) in [5.41, 5.74) is 1.79. The van der Waals surface area contributed by atoms with E-state index in [4.69, 9.17) is 14.6 Å². The van der Waals surface area contributed by atoms with Gasteiger partial charge in [-0.1, -0.05) is 6.07 Å². The Morgan fingerprint density at radius 2 is 1.97 bits per heavy atom. The van der Waals surface area contributed by atoms with Crippen LogP contribution in [0.3, 0.4) is 0 Å². The fraction of sp³-hybridized carbons (Fsp3) is 0.0909. The molecule has 0 aliphatic rings. The number of nitrogens with one attached hydrogen (secondary N) is 1. The molecule has 0 bridgehead atoms. The number of carbonyl (C=O) groups excluding carboxylic acids is 1. The topological polar surface area (TPSA) is 150 Å². The lowest BCUT2D eigenvalue weighted by molar-refractivity contribution is 0.104. The number of ketones is 1. The molecule has 0 aliphatic carbocycles. The highest BCUT2D eigenvalue weighted by molar-refractivity contribution is 7.89. The lowest BCUT2D eigenvalue weighted by Crippen LogP contribution is -2.12. The van der Waals surface area contributed by atoms with Crippen molar-refractivity contribution in [2.45, 2.75) is 11.5 Å². The van der Waals surface area contributed by atoms with Gasteiger partial charge in [0, 0.05) is 27.6 Å². The molecule has 0 unspecified atom stereocenters. The van der Waals surface area contributed by atoms with Crippen molar-refractivity contribution < 1.29 is 22.7 Å². The molecule has 0 saturated carbocycles. The summed E-state index contributed by atoms with van der Waals surface area (Å²) in [5, 5.41) is 20.5. The molecule has 0 saturated heterocycles. The number of carbonyl (C=O) groups is 1. The first-order valence-electron chi connectivity index (χ1n) is 9.82. The third-order valence-electron chi connectivity index (χ3n) is 4.75. The van der Waals surface area contributed by atoms with Crippen LogP contribution >= 0.6 is 11.3 Å². The van der Waals surface area contributed by atoms with E-state index < -0.39 is 10.0 Å². The number of aromatic nitrogens is 4. The zero-order valence-electron chi connectivity index (χ0n) is 17.8.